The predicted octanol–water partition coefficient (Wildman–Crippen LogP) is 2.83. The molecule has 42 heavy (non-hydrogen) atoms. The molecule has 4 aliphatic rings. The van der Waals surface area contributed by atoms with Crippen molar-refractivity contribution in [2.24, 2.45) is 22.7 Å². The Bertz CT molecular complexity index is 1360. The van der Waals surface area contributed by atoms with Crippen molar-refractivity contribution < 1.29 is 52.7 Å². The second kappa shape index (κ2) is 9.96. The molecule has 3 aliphatic carbocycles. The molecule has 0 aromatic heterocycles. The molecule has 9 atom stereocenters. The molecule has 1 aromatic carbocycles. The van der Waals surface area contributed by atoms with Crippen molar-refractivity contribution in [3.63, 3.8) is 0 Å². The molecule has 10 nitrogen and oxygen atoms in total. The highest BCUT2D eigenvalue weighted by Gasteiger charge is 2.78. The van der Waals surface area contributed by atoms with E-state index in [1.807, 2.05) is 0 Å². The van der Waals surface area contributed by atoms with E-state index in [0.717, 1.165) is 13.8 Å². The number of fused-ring (bicyclic) bond motifs is 5. The number of carbonyl (C=O) groups is 4. The van der Waals surface area contributed by atoms with Gasteiger partial charge in [-0.15, -0.1) is 0 Å². The third kappa shape index (κ3) is 4.07. The van der Waals surface area contributed by atoms with Crippen molar-refractivity contribution in [1.82, 2.24) is 0 Å². The lowest BCUT2D eigenvalue weighted by Crippen LogP contribution is -2.80. The van der Waals surface area contributed by atoms with Crippen molar-refractivity contribution in [1.29, 1.82) is 0 Å². The van der Waals surface area contributed by atoms with Crippen LogP contribution in [0.3, 0.4) is 0 Å². The van der Waals surface area contributed by atoms with Crippen LogP contribution in [0.25, 0.3) is 0 Å². The van der Waals surface area contributed by atoms with Crippen LogP contribution in [0.4, 0.5) is 4.39 Å². The monoisotopic (exact) mass is 588 g/mol. The number of halogens is 1. The first-order chi connectivity index (χ1) is 19.5. The van der Waals surface area contributed by atoms with Crippen molar-refractivity contribution >= 4 is 23.7 Å². The average Bonchev–Trinajstić information content (AvgIpc) is 2.90. The van der Waals surface area contributed by atoms with Crippen LogP contribution in [-0.4, -0.2) is 76.2 Å². The summed E-state index contributed by atoms with van der Waals surface area (Å²) in [5.41, 5.74) is -7.22. The molecule has 3 unspecified atom stereocenters. The van der Waals surface area contributed by atoms with Gasteiger partial charge in [0.05, 0.1) is 29.6 Å². The molecule has 228 valence electrons. The molecule has 0 amide bonds. The molecule has 1 saturated heterocycles. The number of carbonyl (C=O) groups excluding carboxylic acids is 4. The highest BCUT2D eigenvalue weighted by molar-refractivity contribution is 6.02. The lowest BCUT2D eigenvalue weighted by Gasteiger charge is -2.66. The number of allylic oxidation sites excluding steroid dienone is 1. The fourth-order valence-corrected chi connectivity index (χ4v) is 7.86. The summed E-state index contributed by atoms with van der Waals surface area (Å²) >= 11 is 0. The molecule has 11 heteroatoms. The number of esters is 3. The molecule has 0 radical (unpaired) electrons. The number of ether oxygens (including phenoxy) is 4. The largest absolute Gasteiger partial charge is 0.455 e. The summed E-state index contributed by atoms with van der Waals surface area (Å²) in [5, 5.41) is 24.1. The smallest absolute Gasteiger partial charge is 0.338 e. The van der Waals surface area contributed by atoms with Gasteiger partial charge in [-0.1, -0.05) is 39.0 Å². The third-order valence-electron chi connectivity index (χ3n) is 10.1. The fraction of sp³-hybridized carbons (Fsp3) is 0.613. The molecular weight excluding hydrogens is 551 g/mol. The molecule has 1 heterocycles. The van der Waals surface area contributed by atoms with Gasteiger partial charge < -0.3 is 29.2 Å². The zero-order chi connectivity index (χ0) is 31.0. The van der Waals surface area contributed by atoms with Gasteiger partial charge in [-0.05, 0) is 24.6 Å². The van der Waals surface area contributed by atoms with Gasteiger partial charge in [0.1, 0.15) is 24.0 Å². The van der Waals surface area contributed by atoms with Crippen LogP contribution < -0.4 is 0 Å². The summed E-state index contributed by atoms with van der Waals surface area (Å²) in [5.74, 6) is -6.16. The van der Waals surface area contributed by atoms with Gasteiger partial charge >= 0.3 is 17.9 Å². The Balaban J connectivity index is 1.86. The zero-order valence-electron chi connectivity index (χ0n) is 24.5. The van der Waals surface area contributed by atoms with E-state index in [0.29, 0.717) is 0 Å². The van der Waals surface area contributed by atoms with E-state index in [2.05, 4.69) is 0 Å². The van der Waals surface area contributed by atoms with E-state index < -0.39 is 87.8 Å². The van der Waals surface area contributed by atoms with Gasteiger partial charge in [-0.2, -0.15) is 0 Å². The van der Waals surface area contributed by atoms with Crippen LogP contribution in [0, 0.1) is 22.7 Å². The molecule has 2 saturated carbocycles. The Morgan fingerprint density at radius 1 is 1.07 bits per heavy atom. The topological polar surface area (TPSA) is 146 Å². The number of alkyl halides is 1. The van der Waals surface area contributed by atoms with Gasteiger partial charge in [0.15, 0.2) is 11.4 Å². The van der Waals surface area contributed by atoms with Crippen LogP contribution in [-0.2, 0) is 33.3 Å². The number of Topliss-reactive ketones (excluding diaryl/α,β-unsaturated/α-hetero) is 1. The summed E-state index contributed by atoms with van der Waals surface area (Å²) in [4.78, 5) is 53.2. The number of hydrogen-bond acceptors (Lipinski definition) is 10. The van der Waals surface area contributed by atoms with Crippen LogP contribution in [0.2, 0.25) is 0 Å². The van der Waals surface area contributed by atoms with E-state index in [9.17, 15) is 29.4 Å². The second-order valence-electron chi connectivity index (χ2n) is 12.8. The summed E-state index contributed by atoms with van der Waals surface area (Å²) in [6.07, 6.45) is -6.60. The van der Waals surface area contributed by atoms with Crippen molar-refractivity contribution in [3.05, 3.63) is 47.2 Å². The number of hydrogen-bond donors (Lipinski definition) is 2. The lowest BCUT2D eigenvalue weighted by molar-refractivity contribution is -0.340. The Kier molecular flexibility index (Phi) is 7.19. The molecule has 5 rings (SSSR count). The highest BCUT2D eigenvalue weighted by atomic mass is 19.1. The molecule has 2 bridgehead atoms. The first-order valence-corrected chi connectivity index (χ1v) is 14.1. The number of ketones is 1. The number of rotatable bonds is 4. The van der Waals surface area contributed by atoms with Gasteiger partial charge in [0, 0.05) is 38.0 Å². The molecule has 1 aliphatic heterocycles. The Morgan fingerprint density at radius 2 is 1.71 bits per heavy atom. The minimum Gasteiger partial charge on any atom is -0.455 e. The van der Waals surface area contributed by atoms with Crippen LogP contribution in [0.5, 0.6) is 0 Å². The predicted molar refractivity (Wildman–Crippen MR) is 143 cm³/mol. The zero-order valence-corrected chi connectivity index (χ0v) is 24.5. The molecule has 0 spiro atoms. The van der Waals surface area contributed by atoms with Crippen molar-refractivity contribution in [2.75, 3.05) is 6.61 Å². The SMILES string of the molecule is CC(=O)OC1=C2C(C)[C@@H](O)C[C@@](O)([C@@H](OC(=O)c3ccccc3)C3[C@]4(OC(C)=O)COC4C[C@H](F)[C@@]3(C)C1=O)C2(C)C. The molecular formula is C31H37FO10. The van der Waals surface area contributed by atoms with Crippen LogP contribution >= 0.6 is 0 Å². The Hall–Kier alpha value is -3.15. The first-order valence-electron chi connectivity index (χ1n) is 14.1. The van der Waals surface area contributed by atoms with Crippen molar-refractivity contribution in [2.45, 2.75) is 90.1 Å². The molecule has 1 aromatic rings. The Labute approximate surface area is 243 Å². The lowest BCUT2D eigenvalue weighted by atomic mass is 9.45. The average molecular weight is 589 g/mol. The van der Waals surface area contributed by atoms with E-state index in [1.54, 1.807) is 39.0 Å². The van der Waals surface area contributed by atoms with Gasteiger partial charge in [0.2, 0.25) is 5.78 Å². The van der Waals surface area contributed by atoms with Crippen molar-refractivity contribution in [3.8, 4) is 0 Å². The van der Waals surface area contributed by atoms with Gasteiger partial charge in [0.25, 0.3) is 0 Å². The summed E-state index contributed by atoms with van der Waals surface area (Å²) in [6.45, 7) is 8.12. The maximum atomic E-state index is 16.6. The third-order valence-corrected chi connectivity index (χ3v) is 10.1. The maximum absolute atomic E-state index is 16.6. The fourth-order valence-electron chi connectivity index (χ4n) is 7.86. The first kappa shape index (κ1) is 30.3. The highest BCUT2D eigenvalue weighted by Crippen LogP contribution is 2.65. The second-order valence-corrected chi connectivity index (χ2v) is 12.8. The summed E-state index contributed by atoms with van der Waals surface area (Å²) < 4.78 is 39.8. The molecule has 3 fully saturated rings. The standard InChI is InChI=1S/C31H37FO10/c1-15-19(35)13-31(38)26(41-27(37)18-10-8-7-9-11-18)24-29(6,20(32)12-21-30(24,14-39-21)42-17(3)34)25(36)23(40-16(2)33)22(15)28(31,4)5/h7-11,15,19-21,24,26,35,38H,12-14H2,1-6H3/t15?,19-,20-,21?,24?,26-,29+,30-,31+/m0/s1. The van der Waals surface area contributed by atoms with Crippen LogP contribution in [0.15, 0.2) is 41.7 Å². The minimum atomic E-state index is -2.17. The quantitative estimate of drug-likeness (QED) is 0.398. The van der Waals surface area contributed by atoms with Gasteiger partial charge in [-0.3, -0.25) is 14.4 Å². The van der Waals surface area contributed by atoms with Gasteiger partial charge in [-0.25, -0.2) is 9.18 Å². The number of benzene rings is 1. The normalized spacial score (nSPS) is 40.4. The Morgan fingerprint density at radius 3 is 2.26 bits per heavy atom. The molecule has 2 N–H and O–H groups in total. The van der Waals surface area contributed by atoms with E-state index in [1.165, 1.54) is 19.1 Å². The minimum absolute atomic E-state index is 0.102. The maximum Gasteiger partial charge on any atom is 0.338 e. The van der Waals surface area contributed by atoms with E-state index >= 15 is 4.39 Å². The van der Waals surface area contributed by atoms with Crippen LogP contribution in [0.1, 0.15) is 64.7 Å². The van der Waals surface area contributed by atoms with E-state index in [4.69, 9.17) is 18.9 Å². The number of aliphatic hydroxyl groups excluding tert-OH is 1. The van der Waals surface area contributed by atoms with E-state index in [-0.39, 0.29) is 30.6 Å². The number of aliphatic hydroxyl groups is 2. The summed E-state index contributed by atoms with van der Waals surface area (Å²) in [7, 11) is 0. The summed E-state index contributed by atoms with van der Waals surface area (Å²) in [6, 6.07) is 7.94.